The van der Waals surface area contributed by atoms with E-state index >= 15 is 0 Å². The largest absolute Gasteiger partial charge is 0.347 e. The molecule has 0 saturated heterocycles. The fourth-order valence-electron chi connectivity index (χ4n) is 1.65. The highest BCUT2D eigenvalue weighted by Gasteiger charge is 2.09. The van der Waals surface area contributed by atoms with E-state index in [0.29, 0.717) is 5.95 Å². The fraction of sp³-hybridized carbons (Fsp3) is 0.231. The van der Waals surface area contributed by atoms with Gasteiger partial charge in [-0.2, -0.15) is 0 Å². The van der Waals surface area contributed by atoms with Gasteiger partial charge in [-0.1, -0.05) is 37.3 Å². The first-order valence-corrected chi connectivity index (χ1v) is 6.66. The highest BCUT2D eigenvalue weighted by molar-refractivity contribution is 14.1. The van der Waals surface area contributed by atoms with Crippen LogP contribution >= 0.6 is 22.6 Å². The molecule has 1 atom stereocenters. The minimum Gasteiger partial charge on any atom is -0.347 e. The van der Waals surface area contributed by atoms with Crippen molar-refractivity contribution in [3.8, 4) is 0 Å². The van der Waals surface area contributed by atoms with Gasteiger partial charge in [0, 0.05) is 16.0 Å². The number of hydrogen-bond acceptors (Lipinski definition) is 3. The number of nitrogens with one attached hydrogen (secondary N) is 1. The zero-order valence-electron chi connectivity index (χ0n) is 9.60. The number of halogens is 1. The monoisotopic (exact) mass is 339 g/mol. The van der Waals surface area contributed by atoms with Gasteiger partial charge in [-0.3, -0.25) is 0 Å². The molecule has 4 heteroatoms. The van der Waals surface area contributed by atoms with E-state index < -0.39 is 0 Å². The van der Waals surface area contributed by atoms with E-state index in [4.69, 9.17) is 0 Å². The second kappa shape index (κ2) is 5.95. The molecule has 1 N–H and O–H groups in total. The van der Waals surface area contributed by atoms with Crippen LogP contribution in [0.5, 0.6) is 0 Å². The van der Waals surface area contributed by atoms with E-state index in [1.807, 2.05) is 18.5 Å². The SMILES string of the molecule is CCC(Nc1ncc(I)cn1)c1ccccc1. The molecule has 0 aliphatic rings. The third-order valence-corrected chi connectivity index (χ3v) is 3.09. The Bertz CT molecular complexity index is 456. The third-order valence-electron chi connectivity index (χ3n) is 2.53. The normalized spacial score (nSPS) is 12.1. The van der Waals surface area contributed by atoms with Crippen molar-refractivity contribution in [3.63, 3.8) is 0 Å². The van der Waals surface area contributed by atoms with Crippen molar-refractivity contribution < 1.29 is 0 Å². The second-order valence-corrected chi connectivity index (χ2v) is 4.99. The predicted molar refractivity (Wildman–Crippen MR) is 77.8 cm³/mol. The first-order chi connectivity index (χ1) is 8.29. The van der Waals surface area contributed by atoms with Crippen molar-refractivity contribution in [1.82, 2.24) is 9.97 Å². The molecule has 0 radical (unpaired) electrons. The minimum absolute atomic E-state index is 0.260. The number of hydrogen-bond donors (Lipinski definition) is 1. The first-order valence-electron chi connectivity index (χ1n) is 5.58. The lowest BCUT2D eigenvalue weighted by Crippen LogP contribution is -2.11. The van der Waals surface area contributed by atoms with E-state index in [-0.39, 0.29) is 6.04 Å². The fourth-order valence-corrected chi connectivity index (χ4v) is 1.93. The Morgan fingerprint density at radius 2 is 1.82 bits per heavy atom. The van der Waals surface area contributed by atoms with Crippen LogP contribution in [0, 0.1) is 3.57 Å². The van der Waals surface area contributed by atoms with Gasteiger partial charge in [-0.15, -0.1) is 0 Å². The summed E-state index contributed by atoms with van der Waals surface area (Å²) in [6, 6.07) is 10.6. The average molecular weight is 339 g/mol. The Hall–Kier alpha value is -1.17. The molecule has 1 heterocycles. The lowest BCUT2D eigenvalue weighted by Gasteiger charge is -2.17. The molecule has 17 heavy (non-hydrogen) atoms. The minimum atomic E-state index is 0.260. The standard InChI is InChI=1S/C13H14IN3/c1-2-12(10-6-4-3-5-7-10)17-13-15-8-11(14)9-16-13/h3-9,12H,2H2,1H3,(H,15,16,17). The van der Waals surface area contributed by atoms with Crippen molar-refractivity contribution >= 4 is 28.5 Å². The van der Waals surface area contributed by atoms with Gasteiger partial charge in [0.1, 0.15) is 0 Å². The second-order valence-electron chi connectivity index (χ2n) is 3.74. The van der Waals surface area contributed by atoms with E-state index in [2.05, 4.69) is 69.1 Å². The van der Waals surface area contributed by atoms with E-state index in [9.17, 15) is 0 Å². The van der Waals surface area contributed by atoms with Crippen LogP contribution < -0.4 is 5.32 Å². The lowest BCUT2D eigenvalue weighted by molar-refractivity contribution is 0.738. The first kappa shape index (κ1) is 12.3. The highest BCUT2D eigenvalue weighted by atomic mass is 127. The quantitative estimate of drug-likeness (QED) is 0.865. The molecule has 0 amide bonds. The maximum absolute atomic E-state index is 4.26. The summed E-state index contributed by atoms with van der Waals surface area (Å²) in [6.45, 7) is 2.15. The highest BCUT2D eigenvalue weighted by Crippen LogP contribution is 2.20. The van der Waals surface area contributed by atoms with Crippen LogP contribution in [0.3, 0.4) is 0 Å². The summed E-state index contributed by atoms with van der Waals surface area (Å²) in [4.78, 5) is 8.52. The number of rotatable bonds is 4. The maximum atomic E-state index is 4.26. The Morgan fingerprint density at radius 1 is 1.18 bits per heavy atom. The van der Waals surface area contributed by atoms with Gasteiger partial charge in [0.25, 0.3) is 0 Å². The van der Waals surface area contributed by atoms with E-state index in [0.717, 1.165) is 9.99 Å². The molecule has 0 aliphatic carbocycles. The number of nitrogens with zero attached hydrogens (tertiary/aromatic N) is 2. The van der Waals surface area contributed by atoms with Crippen molar-refractivity contribution in [2.45, 2.75) is 19.4 Å². The van der Waals surface area contributed by atoms with Gasteiger partial charge < -0.3 is 5.32 Å². The number of anilines is 1. The van der Waals surface area contributed by atoms with Gasteiger partial charge in [-0.25, -0.2) is 9.97 Å². The van der Waals surface area contributed by atoms with E-state index in [1.54, 1.807) is 0 Å². The van der Waals surface area contributed by atoms with Crippen molar-refractivity contribution in [3.05, 3.63) is 51.9 Å². The van der Waals surface area contributed by atoms with Crippen LogP contribution in [0.2, 0.25) is 0 Å². The van der Waals surface area contributed by atoms with Crippen molar-refractivity contribution in [2.24, 2.45) is 0 Å². The summed E-state index contributed by atoms with van der Waals surface area (Å²) in [5.74, 6) is 0.682. The molecule has 1 unspecified atom stereocenters. The number of aromatic nitrogens is 2. The van der Waals surface area contributed by atoms with Crippen LogP contribution in [-0.4, -0.2) is 9.97 Å². The number of benzene rings is 1. The van der Waals surface area contributed by atoms with Crippen LogP contribution in [0.25, 0.3) is 0 Å². The molecular formula is C13H14IN3. The van der Waals surface area contributed by atoms with Gasteiger partial charge in [0.2, 0.25) is 5.95 Å². The smallest absolute Gasteiger partial charge is 0.223 e. The molecule has 0 saturated carbocycles. The molecule has 3 nitrogen and oxygen atoms in total. The molecule has 0 bridgehead atoms. The summed E-state index contributed by atoms with van der Waals surface area (Å²) < 4.78 is 1.04. The molecule has 2 aromatic rings. The third kappa shape index (κ3) is 3.39. The average Bonchev–Trinajstić information content (AvgIpc) is 2.39. The molecular weight excluding hydrogens is 325 g/mol. The molecule has 1 aromatic carbocycles. The summed E-state index contributed by atoms with van der Waals surface area (Å²) in [6.07, 6.45) is 4.63. The molecule has 88 valence electrons. The molecule has 0 spiro atoms. The Kier molecular flexibility index (Phi) is 4.30. The van der Waals surface area contributed by atoms with Gasteiger partial charge in [0.05, 0.1) is 6.04 Å². The molecule has 0 aliphatic heterocycles. The summed E-state index contributed by atoms with van der Waals surface area (Å²) >= 11 is 2.20. The topological polar surface area (TPSA) is 37.8 Å². The van der Waals surface area contributed by atoms with Crippen LogP contribution in [0.4, 0.5) is 5.95 Å². The van der Waals surface area contributed by atoms with Crippen molar-refractivity contribution in [2.75, 3.05) is 5.32 Å². The van der Waals surface area contributed by atoms with Gasteiger partial charge in [0.15, 0.2) is 0 Å². The Morgan fingerprint density at radius 3 is 2.41 bits per heavy atom. The summed E-state index contributed by atoms with van der Waals surface area (Å²) in [5.41, 5.74) is 1.26. The molecule has 2 rings (SSSR count). The Balaban J connectivity index is 2.13. The summed E-state index contributed by atoms with van der Waals surface area (Å²) in [7, 11) is 0. The van der Waals surface area contributed by atoms with Gasteiger partial charge in [-0.05, 0) is 34.6 Å². The summed E-state index contributed by atoms with van der Waals surface area (Å²) in [5, 5.41) is 3.35. The molecule has 0 fully saturated rings. The van der Waals surface area contributed by atoms with Crippen LogP contribution in [0.15, 0.2) is 42.7 Å². The Labute approximate surface area is 115 Å². The van der Waals surface area contributed by atoms with E-state index in [1.165, 1.54) is 5.56 Å². The van der Waals surface area contributed by atoms with Crippen molar-refractivity contribution in [1.29, 1.82) is 0 Å². The molecule has 1 aromatic heterocycles. The van der Waals surface area contributed by atoms with Gasteiger partial charge >= 0.3 is 0 Å². The zero-order chi connectivity index (χ0) is 12.1. The lowest BCUT2D eigenvalue weighted by atomic mass is 10.1. The zero-order valence-corrected chi connectivity index (χ0v) is 11.8. The maximum Gasteiger partial charge on any atom is 0.223 e. The van der Waals surface area contributed by atoms with Crippen LogP contribution in [-0.2, 0) is 0 Å². The predicted octanol–water partition coefficient (Wildman–Crippen LogP) is 3.64. The van der Waals surface area contributed by atoms with Crippen LogP contribution in [0.1, 0.15) is 24.9 Å².